The second kappa shape index (κ2) is 6.80. The highest BCUT2D eigenvalue weighted by Gasteiger charge is 2.35. The molecule has 3 fully saturated rings. The molecule has 22 heavy (non-hydrogen) atoms. The van der Waals surface area contributed by atoms with E-state index in [1.807, 2.05) is 14.1 Å². The summed E-state index contributed by atoms with van der Waals surface area (Å²) in [7, 11) is 3.69. The molecule has 3 aliphatic rings. The van der Waals surface area contributed by atoms with E-state index in [9.17, 15) is 4.79 Å². The molecule has 4 heteroatoms. The molecule has 1 aromatic carbocycles. The Morgan fingerprint density at radius 1 is 1.14 bits per heavy atom. The Bertz CT molecular complexity index is 502. The molecule has 0 aliphatic carbocycles. The number of rotatable bonds is 4. The first-order chi connectivity index (χ1) is 10.6. The van der Waals surface area contributed by atoms with Crippen molar-refractivity contribution in [2.24, 2.45) is 5.92 Å². The van der Waals surface area contributed by atoms with Gasteiger partial charge in [-0.05, 0) is 24.3 Å². The Hall–Kier alpha value is -1.39. The lowest BCUT2D eigenvalue weighted by Gasteiger charge is -2.36. The van der Waals surface area contributed by atoms with E-state index < -0.39 is 0 Å². The zero-order valence-corrected chi connectivity index (χ0v) is 13.7. The Balaban J connectivity index is 1.64. The molecule has 1 amide bonds. The van der Waals surface area contributed by atoms with Crippen LogP contribution in [0.5, 0.6) is 0 Å². The number of benzene rings is 1. The van der Waals surface area contributed by atoms with Crippen molar-refractivity contribution in [3.8, 4) is 0 Å². The van der Waals surface area contributed by atoms with Gasteiger partial charge < -0.3 is 4.90 Å². The smallest absolute Gasteiger partial charge is 0.236 e. The minimum Gasteiger partial charge on any atom is -0.348 e. The molecule has 0 spiro atoms. The fourth-order valence-electron chi connectivity index (χ4n) is 3.76. The summed E-state index contributed by atoms with van der Waals surface area (Å²) in [4.78, 5) is 18.8. The monoisotopic (exact) mass is 301 g/mol. The van der Waals surface area contributed by atoms with E-state index in [1.54, 1.807) is 4.90 Å². The van der Waals surface area contributed by atoms with Gasteiger partial charge in [0.1, 0.15) is 0 Å². The van der Waals surface area contributed by atoms with Crippen LogP contribution in [0.25, 0.3) is 0 Å². The van der Waals surface area contributed by atoms with Gasteiger partial charge in [0, 0.05) is 46.3 Å². The maximum absolute atomic E-state index is 12.0. The molecule has 0 unspecified atom stereocenters. The molecule has 3 aliphatic heterocycles. The lowest BCUT2D eigenvalue weighted by molar-refractivity contribution is -0.130. The van der Waals surface area contributed by atoms with Crippen LogP contribution in [0.15, 0.2) is 30.3 Å². The SMILES string of the molecule is CN(C)C(=O)CN1C[C@@H]2CC[C@H]1CN(Cc1ccccc1)C2. The summed E-state index contributed by atoms with van der Waals surface area (Å²) in [5, 5.41) is 0. The van der Waals surface area contributed by atoms with Crippen molar-refractivity contribution >= 4 is 5.91 Å². The van der Waals surface area contributed by atoms with Crippen molar-refractivity contribution in [1.82, 2.24) is 14.7 Å². The summed E-state index contributed by atoms with van der Waals surface area (Å²) in [6.07, 6.45) is 2.54. The Morgan fingerprint density at radius 3 is 2.64 bits per heavy atom. The molecule has 3 saturated heterocycles. The van der Waals surface area contributed by atoms with Gasteiger partial charge in [0.05, 0.1) is 6.54 Å². The van der Waals surface area contributed by atoms with Crippen molar-refractivity contribution < 1.29 is 4.79 Å². The molecular formula is C18H27N3O. The number of hydrogen-bond acceptors (Lipinski definition) is 3. The van der Waals surface area contributed by atoms with Gasteiger partial charge in [-0.1, -0.05) is 30.3 Å². The molecule has 0 N–H and O–H groups in total. The van der Waals surface area contributed by atoms with E-state index in [-0.39, 0.29) is 5.91 Å². The van der Waals surface area contributed by atoms with Gasteiger partial charge in [0.2, 0.25) is 5.91 Å². The summed E-state index contributed by atoms with van der Waals surface area (Å²) in [5.41, 5.74) is 1.39. The van der Waals surface area contributed by atoms with E-state index in [2.05, 4.69) is 40.1 Å². The summed E-state index contributed by atoms with van der Waals surface area (Å²) < 4.78 is 0. The van der Waals surface area contributed by atoms with E-state index in [1.165, 1.54) is 18.4 Å². The molecule has 4 nitrogen and oxygen atoms in total. The van der Waals surface area contributed by atoms with Crippen molar-refractivity contribution in [2.45, 2.75) is 25.4 Å². The second-order valence-corrected chi connectivity index (χ2v) is 6.99. The fourth-order valence-corrected chi connectivity index (χ4v) is 3.76. The first-order valence-electron chi connectivity index (χ1n) is 8.32. The third-order valence-electron chi connectivity index (χ3n) is 4.99. The van der Waals surface area contributed by atoms with Gasteiger partial charge in [-0.25, -0.2) is 0 Å². The van der Waals surface area contributed by atoms with Crippen molar-refractivity contribution in [2.75, 3.05) is 40.3 Å². The third-order valence-corrected chi connectivity index (χ3v) is 4.99. The van der Waals surface area contributed by atoms with Crippen LogP contribution in [0, 0.1) is 5.92 Å². The van der Waals surface area contributed by atoms with Crippen LogP contribution >= 0.6 is 0 Å². The number of nitrogens with zero attached hydrogens (tertiary/aromatic N) is 3. The minimum absolute atomic E-state index is 0.224. The van der Waals surface area contributed by atoms with E-state index in [0.29, 0.717) is 18.5 Å². The molecule has 120 valence electrons. The largest absolute Gasteiger partial charge is 0.348 e. The Labute approximate surface area is 133 Å². The summed E-state index contributed by atoms with van der Waals surface area (Å²) in [6, 6.07) is 11.3. The van der Waals surface area contributed by atoms with Crippen LogP contribution in [-0.4, -0.2) is 66.9 Å². The zero-order chi connectivity index (χ0) is 15.5. The number of amides is 1. The molecule has 0 saturated carbocycles. The van der Waals surface area contributed by atoms with Crippen LogP contribution in [0.4, 0.5) is 0 Å². The molecule has 2 atom stereocenters. The maximum Gasteiger partial charge on any atom is 0.236 e. The lowest BCUT2D eigenvalue weighted by atomic mass is 9.95. The maximum atomic E-state index is 12.0. The second-order valence-electron chi connectivity index (χ2n) is 6.99. The molecular weight excluding hydrogens is 274 g/mol. The van der Waals surface area contributed by atoms with Gasteiger partial charge in [0.25, 0.3) is 0 Å². The van der Waals surface area contributed by atoms with Crippen molar-refractivity contribution in [3.05, 3.63) is 35.9 Å². The number of hydrogen-bond donors (Lipinski definition) is 0. The predicted molar refractivity (Wildman–Crippen MR) is 88.5 cm³/mol. The van der Waals surface area contributed by atoms with Gasteiger partial charge in [-0.3, -0.25) is 14.6 Å². The first kappa shape index (κ1) is 15.5. The van der Waals surface area contributed by atoms with Gasteiger partial charge >= 0.3 is 0 Å². The molecule has 1 aromatic rings. The minimum atomic E-state index is 0.224. The van der Waals surface area contributed by atoms with Crippen LogP contribution in [0.3, 0.4) is 0 Å². The normalized spacial score (nSPS) is 25.9. The Morgan fingerprint density at radius 2 is 1.91 bits per heavy atom. The van der Waals surface area contributed by atoms with E-state index in [4.69, 9.17) is 0 Å². The number of carbonyl (C=O) groups is 1. The van der Waals surface area contributed by atoms with E-state index in [0.717, 1.165) is 26.2 Å². The van der Waals surface area contributed by atoms with Gasteiger partial charge in [0.15, 0.2) is 0 Å². The molecule has 4 rings (SSSR count). The highest BCUT2D eigenvalue weighted by Crippen LogP contribution is 2.28. The Kier molecular flexibility index (Phi) is 4.79. The quantitative estimate of drug-likeness (QED) is 0.846. The molecule has 0 aromatic heterocycles. The summed E-state index contributed by atoms with van der Waals surface area (Å²) in [5.74, 6) is 0.930. The lowest BCUT2D eigenvalue weighted by Crippen LogP contribution is -2.48. The van der Waals surface area contributed by atoms with Crippen LogP contribution in [-0.2, 0) is 11.3 Å². The number of likely N-dealkylation sites (N-methyl/N-ethyl adjacent to an activating group) is 1. The summed E-state index contributed by atoms with van der Waals surface area (Å²) >= 11 is 0. The van der Waals surface area contributed by atoms with Crippen LogP contribution in [0.1, 0.15) is 18.4 Å². The molecule has 0 radical (unpaired) electrons. The van der Waals surface area contributed by atoms with Crippen molar-refractivity contribution in [1.29, 1.82) is 0 Å². The molecule has 3 heterocycles. The highest BCUT2D eigenvalue weighted by molar-refractivity contribution is 5.77. The van der Waals surface area contributed by atoms with Crippen LogP contribution < -0.4 is 0 Å². The fraction of sp³-hybridized carbons (Fsp3) is 0.611. The number of fused-ring (bicyclic) bond motifs is 4. The molecule has 2 bridgehead atoms. The number of carbonyl (C=O) groups excluding carboxylic acids is 1. The predicted octanol–water partition coefficient (Wildman–Crippen LogP) is 1.67. The van der Waals surface area contributed by atoms with Gasteiger partial charge in [-0.2, -0.15) is 0 Å². The standard InChI is InChI=1S/C18H27N3O/c1-19(2)18(22)14-21-12-16-8-9-17(21)13-20(11-16)10-15-6-4-3-5-7-15/h3-7,16-17H,8-14H2,1-2H3/t16-,17+/m1/s1. The van der Waals surface area contributed by atoms with Gasteiger partial charge in [-0.15, -0.1) is 0 Å². The van der Waals surface area contributed by atoms with Crippen molar-refractivity contribution in [3.63, 3.8) is 0 Å². The zero-order valence-electron chi connectivity index (χ0n) is 13.7. The summed E-state index contributed by atoms with van der Waals surface area (Å²) in [6.45, 7) is 4.94. The third kappa shape index (κ3) is 3.68. The number of piperidine rings is 1. The average molecular weight is 301 g/mol. The highest BCUT2D eigenvalue weighted by atomic mass is 16.2. The average Bonchev–Trinajstić information content (AvgIpc) is 2.78. The first-order valence-corrected chi connectivity index (χ1v) is 8.32. The topological polar surface area (TPSA) is 26.8 Å². The van der Waals surface area contributed by atoms with E-state index >= 15 is 0 Å². The van der Waals surface area contributed by atoms with Crippen LogP contribution in [0.2, 0.25) is 0 Å².